The minimum Gasteiger partial charge on any atom is -0.784 e. The maximum atomic E-state index is 12.6. The summed E-state index contributed by atoms with van der Waals surface area (Å²) < 4.78 is 5.70. The van der Waals surface area contributed by atoms with Gasteiger partial charge >= 0.3 is 5.97 Å². The summed E-state index contributed by atoms with van der Waals surface area (Å²) in [4.78, 5) is 14.7. The van der Waals surface area contributed by atoms with Gasteiger partial charge in [-0.2, -0.15) is 0 Å². The number of benzene rings is 1. The molecule has 0 aromatic heterocycles. The van der Waals surface area contributed by atoms with Crippen LogP contribution in [-0.2, 0) is 16.0 Å². The van der Waals surface area contributed by atoms with E-state index in [4.69, 9.17) is 33.7 Å². The molecule has 0 spiro atoms. The zero-order valence-electron chi connectivity index (χ0n) is 18.4. The number of hydrogen-bond acceptors (Lipinski definition) is 6. The number of carbonyl (C=O) groups is 1. The maximum absolute atomic E-state index is 12.6. The van der Waals surface area contributed by atoms with Gasteiger partial charge in [0.25, 0.3) is 0 Å². The van der Waals surface area contributed by atoms with Gasteiger partial charge in [-0.05, 0) is 51.8 Å². The number of esters is 1. The Morgan fingerprint density at radius 2 is 1.67 bits per heavy atom. The number of halogens is 2. The summed E-state index contributed by atoms with van der Waals surface area (Å²) in [5, 5.41) is 13.6. The zero-order valence-corrected chi connectivity index (χ0v) is 19.9. The number of nitrogens with two attached hydrogens (primary N) is 1. The Morgan fingerprint density at radius 1 is 1.17 bits per heavy atom. The number of carbonyl (C=O) groups excluding carboxylic acids is 1. The third-order valence-corrected chi connectivity index (χ3v) is 5.94. The SMILES string of the molecule is CC1(C)CC(OC(=O)C(N)Cc2ccc(N(CCCl)CCCl)cc2)CC(C)(C)N1[O-]. The summed E-state index contributed by atoms with van der Waals surface area (Å²) in [7, 11) is 0. The van der Waals surface area contributed by atoms with Crippen LogP contribution in [0.25, 0.3) is 0 Å². The van der Waals surface area contributed by atoms with Crippen LogP contribution in [0.2, 0.25) is 0 Å². The minimum absolute atomic E-state index is 0.319. The summed E-state index contributed by atoms with van der Waals surface area (Å²) in [6.07, 6.45) is 1.05. The molecule has 2 N–H and O–H groups in total. The average molecular weight is 459 g/mol. The molecule has 1 aliphatic heterocycles. The number of hydrogen-bond donors (Lipinski definition) is 1. The van der Waals surface area contributed by atoms with E-state index in [2.05, 4.69) is 4.90 Å². The van der Waals surface area contributed by atoms with Crippen molar-refractivity contribution in [3.05, 3.63) is 35.0 Å². The van der Waals surface area contributed by atoms with Crippen molar-refractivity contribution in [1.29, 1.82) is 0 Å². The number of ether oxygens (including phenoxy) is 1. The quantitative estimate of drug-likeness (QED) is 0.446. The molecule has 1 aliphatic rings. The van der Waals surface area contributed by atoms with Crippen molar-refractivity contribution in [2.45, 2.75) is 70.2 Å². The van der Waals surface area contributed by atoms with Crippen molar-refractivity contribution in [2.75, 3.05) is 29.7 Å². The second kappa shape index (κ2) is 10.5. The van der Waals surface area contributed by atoms with Gasteiger partial charge in [-0.1, -0.05) is 12.1 Å². The Hall–Kier alpha value is -1.05. The number of piperidine rings is 1. The molecule has 0 saturated carbocycles. The molecule has 0 radical (unpaired) electrons. The third kappa shape index (κ3) is 6.47. The predicted octanol–water partition coefficient (Wildman–Crippen LogP) is 3.90. The van der Waals surface area contributed by atoms with Crippen LogP contribution in [0.5, 0.6) is 0 Å². The minimum atomic E-state index is -0.755. The third-order valence-electron chi connectivity index (χ3n) is 5.61. The van der Waals surface area contributed by atoms with E-state index in [1.807, 2.05) is 52.0 Å². The fourth-order valence-electron chi connectivity index (χ4n) is 4.26. The fraction of sp³-hybridized carbons (Fsp3) is 0.682. The van der Waals surface area contributed by atoms with Crippen molar-refractivity contribution in [2.24, 2.45) is 5.73 Å². The average Bonchev–Trinajstić information content (AvgIpc) is 2.66. The van der Waals surface area contributed by atoms with Gasteiger partial charge in [0.15, 0.2) is 0 Å². The second-order valence-electron chi connectivity index (χ2n) is 9.23. The highest BCUT2D eigenvalue weighted by molar-refractivity contribution is 6.18. The number of anilines is 1. The molecule has 1 heterocycles. The van der Waals surface area contributed by atoms with E-state index < -0.39 is 23.1 Å². The van der Waals surface area contributed by atoms with Crippen molar-refractivity contribution in [3.8, 4) is 0 Å². The first kappa shape index (κ1) is 25.2. The normalized spacial score (nSPS) is 20.0. The standard InChI is InChI=1S/C22H34Cl2N3O3/c1-21(2)14-18(15-22(3,4)27(21)29)30-20(28)19(25)13-16-5-7-17(8-6-16)26(11-9-23)12-10-24/h5-8,18-19H,9-15,25H2,1-4H3/q-1. The molecule has 30 heavy (non-hydrogen) atoms. The van der Waals surface area contributed by atoms with E-state index >= 15 is 0 Å². The van der Waals surface area contributed by atoms with Crippen LogP contribution in [0.3, 0.4) is 0 Å². The number of nitrogens with zero attached hydrogens (tertiary/aromatic N) is 2. The van der Waals surface area contributed by atoms with E-state index in [0.717, 1.165) is 16.3 Å². The number of hydroxylamine groups is 2. The van der Waals surface area contributed by atoms with Gasteiger partial charge in [-0.15, -0.1) is 23.2 Å². The smallest absolute Gasteiger partial charge is 0.323 e. The number of alkyl halides is 2. The molecular formula is C22H34Cl2N3O3-. The molecular weight excluding hydrogens is 425 g/mol. The van der Waals surface area contributed by atoms with E-state index in [0.29, 0.717) is 44.1 Å². The van der Waals surface area contributed by atoms with Crippen LogP contribution in [0.4, 0.5) is 5.69 Å². The van der Waals surface area contributed by atoms with Crippen LogP contribution < -0.4 is 10.6 Å². The molecule has 1 unspecified atom stereocenters. The van der Waals surface area contributed by atoms with Crippen LogP contribution in [0.15, 0.2) is 24.3 Å². The Balaban J connectivity index is 1.96. The van der Waals surface area contributed by atoms with E-state index in [9.17, 15) is 10.0 Å². The van der Waals surface area contributed by atoms with Crippen LogP contribution in [0.1, 0.15) is 46.1 Å². The highest BCUT2D eigenvalue weighted by Gasteiger charge is 2.42. The summed E-state index contributed by atoms with van der Waals surface area (Å²) >= 11 is 11.7. The van der Waals surface area contributed by atoms with Gasteiger partial charge in [0, 0.05) is 54.5 Å². The molecule has 0 aliphatic carbocycles. The predicted molar refractivity (Wildman–Crippen MR) is 124 cm³/mol. The summed E-state index contributed by atoms with van der Waals surface area (Å²) in [5.41, 5.74) is 6.93. The van der Waals surface area contributed by atoms with E-state index in [1.165, 1.54) is 0 Å². The monoisotopic (exact) mass is 458 g/mol. The lowest BCUT2D eigenvalue weighted by Gasteiger charge is -2.59. The Kier molecular flexibility index (Phi) is 8.83. The highest BCUT2D eigenvalue weighted by atomic mass is 35.5. The molecule has 1 saturated heterocycles. The molecule has 1 fully saturated rings. The van der Waals surface area contributed by atoms with Crippen LogP contribution in [-0.4, -0.2) is 59.1 Å². The zero-order chi connectivity index (χ0) is 22.5. The fourth-order valence-corrected chi connectivity index (χ4v) is 4.67. The Labute approximate surface area is 190 Å². The lowest BCUT2D eigenvalue weighted by Crippen LogP contribution is -2.59. The Bertz CT molecular complexity index is 673. The Morgan fingerprint density at radius 3 is 2.13 bits per heavy atom. The second-order valence-corrected chi connectivity index (χ2v) is 9.98. The molecule has 6 nitrogen and oxygen atoms in total. The molecule has 1 atom stereocenters. The largest absolute Gasteiger partial charge is 0.784 e. The lowest BCUT2D eigenvalue weighted by atomic mass is 9.80. The van der Waals surface area contributed by atoms with Crippen LogP contribution >= 0.6 is 23.2 Å². The molecule has 1 aromatic rings. The maximum Gasteiger partial charge on any atom is 0.323 e. The molecule has 0 amide bonds. The van der Waals surface area contributed by atoms with Gasteiger partial charge < -0.3 is 25.6 Å². The first-order chi connectivity index (χ1) is 14.0. The highest BCUT2D eigenvalue weighted by Crippen LogP contribution is 2.38. The molecule has 2 rings (SSSR count). The van der Waals surface area contributed by atoms with Gasteiger partial charge in [0.2, 0.25) is 0 Å². The van der Waals surface area contributed by atoms with Gasteiger partial charge in [0.1, 0.15) is 12.1 Å². The molecule has 8 heteroatoms. The summed E-state index contributed by atoms with van der Waals surface area (Å²) in [6.45, 7) is 8.94. The first-order valence-corrected chi connectivity index (χ1v) is 11.5. The van der Waals surface area contributed by atoms with Gasteiger partial charge in [0.05, 0.1) is 0 Å². The van der Waals surface area contributed by atoms with Crippen molar-refractivity contribution < 1.29 is 9.53 Å². The number of rotatable bonds is 9. The molecule has 0 bridgehead atoms. The van der Waals surface area contributed by atoms with E-state index in [1.54, 1.807) is 0 Å². The van der Waals surface area contributed by atoms with Crippen molar-refractivity contribution in [1.82, 2.24) is 5.06 Å². The van der Waals surface area contributed by atoms with Crippen LogP contribution in [0, 0.1) is 5.21 Å². The summed E-state index contributed by atoms with van der Waals surface area (Å²) in [5.74, 6) is 0.614. The summed E-state index contributed by atoms with van der Waals surface area (Å²) in [6, 6.07) is 7.14. The van der Waals surface area contributed by atoms with Crippen molar-refractivity contribution >= 4 is 34.9 Å². The van der Waals surface area contributed by atoms with E-state index in [-0.39, 0.29) is 6.10 Å². The molecule has 170 valence electrons. The topological polar surface area (TPSA) is 81.9 Å². The van der Waals surface area contributed by atoms with Crippen molar-refractivity contribution in [3.63, 3.8) is 0 Å². The molecule has 1 aromatic carbocycles. The van der Waals surface area contributed by atoms with Gasteiger partial charge in [-0.25, -0.2) is 0 Å². The van der Waals surface area contributed by atoms with Gasteiger partial charge in [-0.3, -0.25) is 4.79 Å². The first-order valence-electron chi connectivity index (χ1n) is 10.4. The lowest BCUT2D eigenvalue weighted by molar-refractivity contribution is -0.159.